The van der Waals surface area contributed by atoms with Crippen LogP contribution in [-0.2, 0) is 21.4 Å². The molecule has 0 saturated carbocycles. The smallest absolute Gasteiger partial charge is 0.380 e. The van der Waals surface area contributed by atoms with Crippen LogP contribution in [0.15, 0.2) is 30.3 Å². The van der Waals surface area contributed by atoms with Gasteiger partial charge in [0.2, 0.25) is 0 Å². The molecule has 136 valence electrons. The van der Waals surface area contributed by atoms with Crippen molar-refractivity contribution in [3.8, 4) is 0 Å². The van der Waals surface area contributed by atoms with E-state index in [1.165, 1.54) is 4.68 Å². The summed E-state index contributed by atoms with van der Waals surface area (Å²) in [5.41, 5.74) is 5.69. The van der Waals surface area contributed by atoms with Gasteiger partial charge in [0.05, 0.1) is 11.3 Å². The lowest BCUT2D eigenvalue weighted by Gasteiger charge is -2.08. The maximum absolute atomic E-state index is 12.1. The highest BCUT2D eigenvalue weighted by atomic mass is 16.5. The molecule has 2 aromatic rings. The van der Waals surface area contributed by atoms with Crippen LogP contribution in [0.1, 0.15) is 32.1 Å². The molecule has 9 nitrogen and oxygen atoms in total. The minimum absolute atomic E-state index is 0.148. The number of hydrazine groups is 1. The zero-order chi connectivity index (χ0) is 19.3. The number of carbonyl (C=O) groups is 4. The van der Waals surface area contributed by atoms with Crippen molar-refractivity contribution >= 4 is 23.6 Å². The molecule has 26 heavy (non-hydrogen) atoms. The lowest BCUT2D eigenvalue weighted by molar-refractivity contribution is -0.144. The van der Waals surface area contributed by atoms with E-state index in [1.807, 2.05) is 0 Å². The second kappa shape index (κ2) is 8.06. The first kappa shape index (κ1) is 18.8. The molecule has 0 bridgehead atoms. The summed E-state index contributed by atoms with van der Waals surface area (Å²) in [6, 6.07) is 8.23. The third-order valence-corrected chi connectivity index (χ3v) is 3.61. The van der Waals surface area contributed by atoms with Gasteiger partial charge in [0.25, 0.3) is 17.6 Å². The molecule has 0 fully saturated rings. The molecule has 0 spiro atoms. The SMILES string of the molecule is Cc1nn(C)c(C)c1C(=O)C(=O)OCC(=O)NNC(=O)c1ccccc1. The minimum Gasteiger partial charge on any atom is -0.450 e. The lowest BCUT2D eigenvalue weighted by atomic mass is 10.1. The molecule has 0 aliphatic rings. The number of hydrogen-bond donors (Lipinski definition) is 2. The van der Waals surface area contributed by atoms with Gasteiger partial charge in [-0.15, -0.1) is 0 Å². The van der Waals surface area contributed by atoms with E-state index in [0.29, 0.717) is 17.0 Å². The van der Waals surface area contributed by atoms with Crippen LogP contribution < -0.4 is 10.9 Å². The number of ketones is 1. The van der Waals surface area contributed by atoms with Gasteiger partial charge in [-0.3, -0.25) is 29.9 Å². The molecule has 9 heteroatoms. The van der Waals surface area contributed by atoms with Crippen LogP contribution in [0.3, 0.4) is 0 Å². The highest BCUT2D eigenvalue weighted by Gasteiger charge is 2.25. The van der Waals surface area contributed by atoms with E-state index in [4.69, 9.17) is 0 Å². The van der Waals surface area contributed by atoms with Crippen molar-refractivity contribution in [1.82, 2.24) is 20.6 Å². The summed E-state index contributed by atoms with van der Waals surface area (Å²) in [4.78, 5) is 47.4. The van der Waals surface area contributed by atoms with E-state index in [1.54, 1.807) is 51.2 Å². The Balaban J connectivity index is 1.84. The Labute approximate surface area is 149 Å². The topological polar surface area (TPSA) is 119 Å². The molecule has 0 radical (unpaired) electrons. The summed E-state index contributed by atoms with van der Waals surface area (Å²) in [7, 11) is 1.65. The van der Waals surface area contributed by atoms with E-state index < -0.39 is 30.2 Å². The number of aryl methyl sites for hydroxylation is 2. The number of nitrogens with one attached hydrogen (secondary N) is 2. The van der Waals surface area contributed by atoms with Crippen LogP contribution in [0.2, 0.25) is 0 Å². The normalized spacial score (nSPS) is 10.1. The molecule has 2 rings (SSSR count). The van der Waals surface area contributed by atoms with Crippen LogP contribution in [0, 0.1) is 13.8 Å². The van der Waals surface area contributed by atoms with Gasteiger partial charge >= 0.3 is 5.97 Å². The average molecular weight is 358 g/mol. The highest BCUT2D eigenvalue weighted by Crippen LogP contribution is 2.13. The predicted molar refractivity (Wildman–Crippen MR) is 90.0 cm³/mol. The fourth-order valence-corrected chi connectivity index (χ4v) is 2.23. The zero-order valence-corrected chi connectivity index (χ0v) is 14.5. The van der Waals surface area contributed by atoms with Gasteiger partial charge in [0.15, 0.2) is 6.61 Å². The van der Waals surface area contributed by atoms with Crippen molar-refractivity contribution in [2.45, 2.75) is 13.8 Å². The second-order valence-electron chi connectivity index (χ2n) is 5.44. The van der Waals surface area contributed by atoms with Gasteiger partial charge < -0.3 is 4.74 Å². The summed E-state index contributed by atoms with van der Waals surface area (Å²) in [5.74, 6) is -3.36. The molecule has 0 unspecified atom stereocenters. The molecule has 0 saturated heterocycles. The number of esters is 1. The summed E-state index contributed by atoms with van der Waals surface area (Å²) < 4.78 is 6.16. The Morgan fingerprint density at radius 1 is 1.08 bits per heavy atom. The number of nitrogens with zero attached hydrogens (tertiary/aromatic N) is 2. The van der Waals surface area contributed by atoms with E-state index in [0.717, 1.165) is 0 Å². The summed E-state index contributed by atoms with van der Waals surface area (Å²) in [6.45, 7) is 2.53. The van der Waals surface area contributed by atoms with Crippen LogP contribution in [0.4, 0.5) is 0 Å². The van der Waals surface area contributed by atoms with Crippen molar-refractivity contribution in [3.63, 3.8) is 0 Å². The second-order valence-corrected chi connectivity index (χ2v) is 5.44. The number of Topliss-reactive ketones (excluding diaryl/α,β-unsaturated/α-hetero) is 1. The summed E-state index contributed by atoms with van der Waals surface area (Å²) in [6.07, 6.45) is 0. The number of rotatable bonds is 5. The predicted octanol–water partition coefficient (Wildman–Crippen LogP) is 0.224. The van der Waals surface area contributed by atoms with Crippen LogP contribution in [0.25, 0.3) is 0 Å². The first-order chi connectivity index (χ1) is 12.3. The van der Waals surface area contributed by atoms with Crippen LogP contribution >= 0.6 is 0 Å². The van der Waals surface area contributed by atoms with Gasteiger partial charge in [-0.2, -0.15) is 5.10 Å². The average Bonchev–Trinajstić information content (AvgIpc) is 2.89. The molecule has 1 aromatic heterocycles. The van der Waals surface area contributed by atoms with Crippen molar-refractivity contribution in [2.24, 2.45) is 7.05 Å². The standard InChI is InChI=1S/C17H18N4O5/c1-10-14(11(2)21(3)20-10)15(23)17(25)26-9-13(22)18-19-16(24)12-7-5-4-6-8-12/h4-8H,9H2,1-3H3,(H,18,22)(H,19,24). The molecular weight excluding hydrogens is 340 g/mol. The molecule has 0 aliphatic carbocycles. The number of hydrogen-bond acceptors (Lipinski definition) is 6. The van der Waals surface area contributed by atoms with Gasteiger partial charge in [0.1, 0.15) is 0 Å². The fraction of sp³-hybridized carbons (Fsp3) is 0.235. The number of carbonyl (C=O) groups excluding carboxylic acids is 4. The van der Waals surface area contributed by atoms with Gasteiger partial charge in [-0.25, -0.2) is 4.79 Å². The Hall–Kier alpha value is -3.49. The van der Waals surface area contributed by atoms with E-state index >= 15 is 0 Å². The third-order valence-electron chi connectivity index (χ3n) is 3.61. The van der Waals surface area contributed by atoms with Crippen LogP contribution in [0.5, 0.6) is 0 Å². The Morgan fingerprint density at radius 2 is 1.73 bits per heavy atom. The van der Waals surface area contributed by atoms with Crippen LogP contribution in [-0.4, -0.2) is 40.0 Å². The largest absolute Gasteiger partial charge is 0.450 e. The molecular formula is C17H18N4O5. The van der Waals surface area contributed by atoms with Crippen molar-refractivity contribution in [2.75, 3.05) is 6.61 Å². The van der Waals surface area contributed by atoms with E-state index in [9.17, 15) is 19.2 Å². The van der Waals surface area contributed by atoms with Crippen molar-refractivity contribution in [1.29, 1.82) is 0 Å². The van der Waals surface area contributed by atoms with Gasteiger partial charge in [-0.1, -0.05) is 18.2 Å². The number of ether oxygens (including phenoxy) is 1. The minimum atomic E-state index is -1.17. The molecule has 1 aromatic carbocycles. The molecule has 2 amide bonds. The number of benzene rings is 1. The molecule has 2 N–H and O–H groups in total. The maximum atomic E-state index is 12.1. The van der Waals surface area contributed by atoms with Crippen molar-refractivity contribution < 1.29 is 23.9 Å². The van der Waals surface area contributed by atoms with Crippen molar-refractivity contribution in [3.05, 3.63) is 52.8 Å². The Kier molecular flexibility index (Phi) is 5.84. The molecule has 0 atom stereocenters. The summed E-state index contributed by atoms with van der Waals surface area (Å²) >= 11 is 0. The van der Waals surface area contributed by atoms with E-state index in [2.05, 4.69) is 20.7 Å². The first-order valence-electron chi connectivity index (χ1n) is 7.67. The van der Waals surface area contributed by atoms with Gasteiger partial charge in [-0.05, 0) is 26.0 Å². The van der Waals surface area contributed by atoms with E-state index in [-0.39, 0.29) is 5.56 Å². The molecule has 1 heterocycles. The first-order valence-corrected chi connectivity index (χ1v) is 7.67. The molecule has 0 aliphatic heterocycles. The fourth-order valence-electron chi connectivity index (χ4n) is 2.23. The van der Waals surface area contributed by atoms with Gasteiger partial charge in [0, 0.05) is 18.3 Å². The monoisotopic (exact) mass is 358 g/mol. The summed E-state index contributed by atoms with van der Waals surface area (Å²) in [5, 5.41) is 4.05. The number of aromatic nitrogens is 2. The Bertz CT molecular complexity index is 858. The maximum Gasteiger partial charge on any atom is 0.380 e. The lowest BCUT2D eigenvalue weighted by Crippen LogP contribution is -2.43. The highest BCUT2D eigenvalue weighted by molar-refractivity contribution is 6.41. The number of amides is 2. The Morgan fingerprint density at radius 3 is 2.31 bits per heavy atom. The zero-order valence-electron chi connectivity index (χ0n) is 14.5. The quantitative estimate of drug-likeness (QED) is 0.342. The third kappa shape index (κ3) is 4.32.